The van der Waals surface area contributed by atoms with Crippen LogP contribution < -0.4 is 16.0 Å². The van der Waals surface area contributed by atoms with E-state index in [0.717, 1.165) is 4.90 Å². The Morgan fingerprint density at radius 2 is 1.43 bits per heavy atom. The fourth-order valence-corrected chi connectivity index (χ4v) is 3.91. The molecule has 1 heterocycles. The van der Waals surface area contributed by atoms with Gasteiger partial charge in [-0.1, -0.05) is 18.2 Å². The molecule has 0 radical (unpaired) electrons. The zero-order valence-electron chi connectivity index (χ0n) is 16.1. The number of rotatable bonds is 4. The molecule has 0 aromatic heterocycles. The highest BCUT2D eigenvalue weighted by molar-refractivity contribution is 8.00. The Balaban J connectivity index is 1.42. The van der Waals surface area contributed by atoms with Gasteiger partial charge in [0.05, 0.1) is 10.9 Å². The first-order valence-electron chi connectivity index (χ1n) is 9.39. The summed E-state index contributed by atoms with van der Waals surface area (Å²) in [7, 11) is 0. The maximum absolute atomic E-state index is 12.6. The minimum atomic E-state index is -0.294. The smallest absolute Gasteiger partial charge is 0.255 e. The Hall–Kier alpha value is -3.58. The molecule has 150 valence electrons. The van der Waals surface area contributed by atoms with Crippen molar-refractivity contribution in [2.24, 2.45) is 0 Å². The van der Waals surface area contributed by atoms with Gasteiger partial charge in [0.15, 0.2) is 0 Å². The zero-order valence-corrected chi connectivity index (χ0v) is 17.0. The van der Waals surface area contributed by atoms with Crippen LogP contribution in [-0.4, -0.2) is 23.0 Å². The molecule has 3 amide bonds. The summed E-state index contributed by atoms with van der Waals surface area (Å²) in [5.74, 6) is -0.595. The first-order chi connectivity index (χ1) is 14.5. The van der Waals surface area contributed by atoms with Gasteiger partial charge in [-0.2, -0.15) is 0 Å². The summed E-state index contributed by atoms with van der Waals surface area (Å²) in [6, 6.07) is 21.1. The van der Waals surface area contributed by atoms with Gasteiger partial charge in [-0.3, -0.25) is 14.4 Å². The number of carbonyl (C=O) groups excluding carboxylic acids is 3. The molecule has 0 bridgehead atoms. The number of amides is 3. The van der Waals surface area contributed by atoms with E-state index in [-0.39, 0.29) is 23.0 Å². The summed E-state index contributed by atoms with van der Waals surface area (Å²) in [6.45, 7) is 1.84. The van der Waals surface area contributed by atoms with Crippen LogP contribution in [0.1, 0.15) is 27.6 Å². The predicted octanol–water partition coefficient (Wildman–Crippen LogP) is 4.62. The minimum absolute atomic E-state index is 0.0746. The summed E-state index contributed by atoms with van der Waals surface area (Å²) < 4.78 is 0. The number of hydrogen-bond acceptors (Lipinski definition) is 4. The molecule has 0 spiro atoms. The van der Waals surface area contributed by atoms with Crippen molar-refractivity contribution in [2.75, 3.05) is 16.0 Å². The van der Waals surface area contributed by atoms with E-state index in [2.05, 4.69) is 16.0 Å². The molecule has 1 unspecified atom stereocenters. The third kappa shape index (κ3) is 4.36. The van der Waals surface area contributed by atoms with Gasteiger partial charge in [-0.05, 0) is 61.5 Å². The van der Waals surface area contributed by atoms with Crippen molar-refractivity contribution in [3.63, 3.8) is 0 Å². The lowest BCUT2D eigenvalue weighted by Gasteiger charge is -2.21. The lowest BCUT2D eigenvalue weighted by atomic mass is 10.1. The van der Waals surface area contributed by atoms with Crippen LogP contribution in [0.5, 0.6) is 0 Å². The molecule has 0 fully saturated rings. The number of benzene rings is 3. The first kappa shape index (κ1) is 19.7. The third-order valence-electron chi connectivity index (χ3n) is 4.61. The molecule has 0 saturated carbocycles. The van der Waals surface area contributed by atoms with E-state index in [1.165, 1.54) is 11.8 Å². The highest BCUT2D eigenvalue weighted by Gasteiger charge is 2.23. The first-order valence-corrected chi connectivity index (χ1v) is 10.3. The van der Waals surface area contributed by atoms with Crippen LogP contribution in [0.4, 0.5) is 17.1 Å². The van der Waals surface area contributed by atoms with E-state index in [0.29, 0.717) is 28.2 Å². The number of thioether (sulfide) groups is 1. The maximum atomic E-state index is 12.6. The second-order valence-electron chi connectivity index (χ2n) is 6.81. The molecule has 4 rings (SSSR count). The molecule has 3 N–H and O–H groups in total. The van der Waals surface area contributed by atoms with Crippen LogP contribution in [0.2, 0.25) is 0 Å². The highest BCUT2D eigenvalue weighted by Crippen LogP contribution is 2.36. The highest BCUT2D eigenvalue weighted by atomic mass is 32.2. The largest absolute Gasteiger partial charge is 0.324 e. The van der Waals surface area contributed by atoms with E-state index in [4.69, 9.17) is 0 Å². The number of para-hydroxylation sites is 1. The van der Waals surface area contributed by atoms with E-state index < -0.39 is 0 Å². The standard InChI is InChI=1S/C23H19N3O3S/c1-14-21(27)26-19-13-16(9-12-20(19)30-14)23(29)25-18-10-7-15(8-11-18)22(28)24-17-5-3-2-4-6-17/h2-14H,1H3,(H,24,28)(H,25,29)(H,26,27). The average Bonchev–Trinajstić information content (AvgIpc) is 2.75. The molecule has 1 atom stereocenters. The lowest BCUT2D eigenvalue weighted by molar-refractivity contribution is -0.115. The predicted molar refractivity (Wildman–Crippen MR) is 119 cm³/mol. The SMILES string of the molecule is CC1Sc2ccc(C(=O)Nc3ccc(C(=O)Nc4ccccc4)cc3)cc2NC1=O. The molecule has 7 heteroatoms. The minimum Gasteiger partial charge on any atom is -0.324 e. The van der Waals surface area contributed by atoms with Gasteiger partial charge < -0.3 is 16.0 Å². The lowest BCUT2D eigenvalue weighted by Crippen LogP contribution is -2.26. The fourth-order valence-electron chi connectivity index (χ4n) is 2.98. The number of hydrogen-bond donors (Lipinski definition) is 3. The summed E-state index contributed by atoms with van der Waals surface area (Å²) in [6.07, 6.45) is 0. The Kier molecular flexibility index (Phi) is 5.54. The molecule has 0 saturated heterocycles. The van der Waals surface area contributed by atoms with Crippen molar-refractivity contribution in [3.8, 4) is 0 Å². The van der Waals surface area contributed by atoms with E-state index >= 15 is 0 Å². The molecule has 3 aromatic carbocycles. The van der Waals surface area contributed by atoms with Crippen LogP contribution in [0.3, 0.4) is 0 Å². The zero-order chi connectivity index (χ0) is 21.1. The van der Waals surface area contributed by atoms with Gasteiger partial charge in [0.1, 0.15) is 0 Å². The van der Waals surface area contributed by atoms with Crippen LogP contribution in [0.25, 0.3) is 0 Å². The van der Waals surface area contributed by atoms with E-state index in [1.807, 2.05) is 43.3 Å². The summed E-state index contributed by atoms with van der Waals surface area (Å²) in [5.41, 5.74) is 2.85. The van der Waals surface area contributed by atoms with Crippen LogP contribution in [0, 0.1) is 0 Å². The van der Waals surface area contributed by atoms with Crippen molar-refractivity contribution in [3.05, 3.63) is 83.9 Å². The van der Waals surface area contributed by atoms with Crippen molar-refractivity contribution in [1.82, 2.24) is 0 Å². The van der Waals surface area contributed by atoms with Gasteiger partial charge in [-0.15, -0.1) is 11.8 Å². The van der Waals surface area contributed by atoms with Gasteiger partial charge in [0, 0.05) is 27.4 Å². The van der Waals surface area contributed by atoms with Crippen molar-refractivity contribution in [1.29, 1.82) is 0 Å². The second kappa shape index (κ2) is 8.42. The molecule has 3 aromatic rings. The Morgan fingerprint density at radius 1 is 0.833 bits per heavy atom. The number of nitrogens with one attached hydrogen (secondary N) is 3. The van der Waals surface area contributed by atoms with E-state index in [9.17, 15) is 14.4 Å². The normalized spacial score (nSPS) is 15.0. The maximum Gasteiger partial charge on any atom is 0.255 e. The summed E-state index contributed by atoms with van der Waals surface area (Å²) in [5, 5.41) is 8.29. The Bertz CT molecular complexity index is 1110. The topological polar surface area (TPSA) is 87.3 Å². The number of anilines is 3. The molecule has 1 aliphatic rings. The molecule has 6 nitrogen and oxygen atoms in total. The van der Waals surface area contributed by atoms with Gasteiger partial charge in [0.25, 0.3) is 11.8 Å². The molecule has 30 heavy (non-hydrogen) atoms. The van der Waals surface area contributed by atoms with Crippen molar-refractivity contribution >= 4 is 46.5 Å². The third-order valence-corrected chi connectivity index (χ3v) is 5.79. The number of carbonyl (C=O) groups is 3. The molecule has 1 aliphatic heterocycles. The Labute approximate surface area is 178 Å². The fraction of sp³-hybridized carbons (Fsp3) is 0.0870. The van der Waals surface area contributed by atoms with Crippen molar-refractivity contribution < 1.29 is 14.4 Å². The van der Waals surface area contributed by atoms with E-state index in [1.54, 1.807) is 36.4 Å². The van der Waals surface area contributed by atoms with Crippen LogP contribution in [0.15, 0.2) is 77.7 Å². The summed E-state index contributed by atoms with van der Waals surface area (Å²) >= 11 is 1.47. The van der Waals surface area contributed by atoms with Crippen LogP contribution >= 0.6 is 11.8 Å². The average molecular weight is 417 g/mol. The monoisotopic (exact) mass is 417 g/mol. The number of fused-ring (bicyclic) bond motifs is 1. The van der Waals surface area contributed by atoms with Crippen molar-refractivity contribution in [2.45, 2.75) is 17.1 Å². The molecular weight excluding hydrogens is 398 g/mol. The molecular formula is C23H19N3O3S. The van der Waals surface area contributed by atoms with Gasteiger partial charge in [-0.25, -0.2) is 0 Å². The van der Waals surface area contributed by atoms with Gasteiger partial charge >= 0.3 is 0 Å². The second-order valence-corrected chi connectivity index (χ2v) is 8.19. The quantitative estimate of drug-likeness (QED) is 0.578. The van der Waals surface area contributed by atoms with Crippen LogP contribution in [-0.2, 0) is 4.79 Å². The summed E-state index contributed by atoms with van der Waals surface area (Å²) in [4.78, 5) is 37.7. The molecule has 0 aliphatic carbocycles. The Morgan fingerprint density at radius 3 is 2.13 bits per heavy atom. The van der Waals surface area contributed by atoms with Gasteiger partial charge in [0.2, 0.25) is 5.91 Å².